The van der Waals surface area contributed by atoms with Gasteiger partial charge in [0, 0.05) is 23.6 Å². The summed E-state index contributed by atoms with van der Waals surface area (Å²) in [5.41, 5.74) is 2.48. The molecular weight excluding hydrogens is 316 g/mol. The fourth-order valence-corrected chi connectivity index (χ4v) is 4.87. The third-order valence-corrected chi connectivity index (χ3v) is 6.47. The van der Waals surface area contributed by atoms with Crippen LogP contribution in [0.1, 0.15) is 43.2 Å². The average Bonchev–Trinajstić information content (AvgIpc) is 3.29. The van der Waals surface area contributed by atoms with Crippen molar-refractivity contribution in [3.8, 4) is 0 Å². The number of hydrogen-bond donors (Lipinski definition) is 3. The Morgan fingerprint density at radius 2 is 1.92 bits per heavy atom. The van der Waals surface area contributed by atoms with Crippen LogP contribution in [0.3, 0.4) is 0 Å². The Hall–Kier alpha value is -2.30. The van der Waals surface area contributed by atoms with Crippen molar-refractivity contribution in [1.29, 1.82) is 0 Å². The minimum absolute atomic E-state index is 0.0455. The number of carbonyl (C=O) groups is 2. The maximum atomic E-state index is 12.7. The summed E-state index contributed by atoms with van der Waals surface area (Å²) in [6.45, 7) is 2.67. The molecule has 0 atom stereocenters. The predicted octanol–water partition coefficient (Wildman–Crippen LogP) is 3.17. The van der Waals surface area contributed by atoms with Crippen molar-refractivity contribution in [2.75, 3.05) is 6.54 Å². The first-order valence-corrected chi connectivity index (χ1v) is 9.03. The number of aryl methyl sites for hydroxylation is 1. The SMILES string of the molecule is Cc1cccc2c(CCNC(=O)C34CCC(C(=O)O)(CC3)C4)c[nH]c12. The second-order valence-corrected chi connectivity index (χ2v) is 7.86. The van der Waals surface area contributed by atoms with E-state index in [-0.39, 0.29) is 5.91 Å². The monoisotopic (exact) mass is 340 g/mol. The lowest BCUT2D eigenvalue weighted by atomic mass is 9.81. The summed E-state index contributed by atoms with van der Waals surface area (Å²) >= 11 is 0. The molecule has 2 aromatic rings. The molecule has 2 bridgehead atoms. The van der Waals surface area contributed by atoms with Crippen molar-refractivity contribution < 1.29 is 14.7 Å². The van der Waals surface area contributed by atoms with E-state index in [1.165, 1.54) is 16.5 Å². The predicted molar refractivity (Wildman–Crippen MR) is 95.3 cm³/mol. The number of aromatic amines is 1. The van der Waals surface area contributed by atoms with E-state index in [2.05, 4.69) is 35.4 Å². The van der Waals surface area contributed by atoms with Crippen molar-refractivity contribution in [1.82, 2.24) is 10.3 Å². The zero-order valence-corrected chi connectivity index (χ0v) is 14.5. The molecule has 0 aliphatic heterocycles. The molecule has 5 heteroatoms. The van der Waals surface area contributed by atoms with E-state index in [0.717, 1.165) is 11.9 Å². The lowest BCUT2D eigenvalue weighted by Crippen LogP contribution is -2.39. The van der Waals surface area contributed by atoms with Crippen LogP contribution < -0.4 is 5.32 Å². The molecule has 0 saturated heterocycles. The molecule has 4 rings (SSSR count). The highest BCUT2D eigenvalue weighted by atomic mass is 16.4. The standard InChI is InChI=1S/C20H24N2O3/c1-13-3-2-4-15-14(11-22-16(13)15)5-10-21-17(23)19-6-8-20(12-19,9-7-19)18(24)25/h2-4,11,22H,5-10,12H2,1H3,(H,21,23)(H,24,25). The number of amides is 1. The summed E-state index contributed by atoms with van der Waals surface area (Å²) in [6.07, 6.45) is 5.98. The number of carboxylic acid groups (broad SMARTS) is 1. The van der Waals surface area contributed by atoms with E-state index in [1.54, 1.807) is 0 Å². The molecule has 2 aliphatic carbocycles. The molecule has 1 heterocycles. The average molecular weight is 340 g/mol. The summed E-state index contributed by atoms with van der Waals surface area (Å²) < 4.78 is 0. The Balaban J connectivity index is 1.40. The Kier molecular flexibility index (Phi) is 3.63. The van der Waals surface area contributed by atoms with Crippen LogP contribution in [0.4, 0.5) is 0 Å². The first-order valence-electron chi connectivity index (χ1n) is 9.03. The van der Waals surface area contributed by atoms with Crippen molar-refractivity contribution >= 4 is 22.8 Å². The summed E-state index contributed by atoms with van der Waals surface area (Å²) in [5.74, 6) is -0.682. The third-order valence-electron chi connectivity index (χ3n) is 6.47. The smallest absolute Gasteiger partial charge is 0.309 e. The Morgan fingerprint density at radius 3 is 2.60 bits per heavy atom. The van der Waals surface area contributed by atoms with E-state index in [9.17, 15) is 14.7 Å². The third kappa shape index (κ3) is 2.44. The van der Waals surface area contributed by atoms with Crippen LogP contribution in [0.25, 0.3) is 10.9 Å². The van der Waals surface area contributed by atoms with Gasteiger partial charge in [0.2, 0.25) is 5.91 Å². The summed E-state index contributed by atoms with van der Waals surface area (Å²) in [7, 11) is 0. The van der Waals surface area contributed by atoms with Crippen LogP contribution in [0, 0.1) is 17.8 Å². The number of nitrogens with one attached hydrogen (secondary N) is 2. The van der Waals surface area contributed by atoms with Crippen LogP contribution in [0.5, 0.6) is 0 Å². The molecule has 0 unspecified atom stereocenters. The molecular formula is C20H24N2O3. The minimum atomic E-state index is -0.728. The summed E-state index contributed by atoms with van der Waals surface area (Å²) in [6, 6.07) is 6.23. The maximum absolute atomic E-state index is 12.7. The van der Waals surface area contributed by atoms with Crippen molar-refractivity contribution in [2.45, 2.75) is 45.4 Å². The second-order valence-electron chi connectivity index (χ2n) is 7.86. The fraction of sp³-hybridized carbons (Fsp3) is 0.500. The first kappa shape index (κ1) is 16.2. The van der Waals surface area contributed by atoms with Gasteiger partial charge in [0.15, 0.2) is 0 Å². The van der Waals surface area contributed by atoms with Crippen LogP contribution in [-0.2, 0) is 16.0 Å². The Labute approximate surface area is 146 Å². The number of aromatic nitrogens is 1. The fourth-order valence-electron chi connectivity index (χ4n) is 4.87. The molecule has 25 heavy (non-hydrogen) atoms. The van der Waals surface area contributed by atoms with E-state index in [1.807, 2.05) is 6.20 Å². The second kappa shape index (κ2) is 5.61. The number of H-pyrrole nitrogens is 1. The zero-order chi connectivity index (χ0) is 17.7. The first-order chi connectivity index (χ1) is 12.0. The van der Waals surface area contributed by atoms with E-state index < -0.39 is 16.8 Å². The van der Waals surface area contributed by atoms with Gasteiger partial charge in [-0.15, -0.1) is 0 Å². The number of aliphatic carboxylic acids is 1. The molecule has 1 aromatic heterocycles. The molecule has 2 aliphatic rings. The summed E-state index contributed by atoms with van der Waals surface area (Å²) in [4.78, 5) is 27.6. The van der Waals surface area contributed by atoms with Crippen LogP contribution in [-0.4, -0.2) is 28.5 Å². The van der Waals surface area contributed by atoms with E-state index >= 15 is 0 Å². The van der Waals surface area contributed by atoms with Crippen LogP contribution in [0.2, 0.25) is 0 Å². The van der Waals surface area contributed by atoms with Gasteiger partial charge >= 0.3 is 5.97 Å². The number of para-hydroxylation sites is 1. The van der Waals surface area contributed by atoms with Gasteiger partial charge in [0.25, 0.3) is 0 Å². The minimum Gasteiger partial charge on any atom is -0.481 e. The number of carbonyl (C=O) groups excluding carboxylic acids is 1. The van der Waals surface area contributed by atoms with E-state index in [4.69, 9.17) is 0 Å². The zero-order valence-electron chi connectivity index (χ0n) is 14.5. The summed E-state index contributed by atoms with van der Waals surface area (Å²) in [5, 5.41) is 13.8. The molecule has 3 N–H and O–H groups in total. The number of hydrogen-bond acceptors (Lipinski definition) is 2. The van der Waals surface area contributed by atoms with Gasteiger partial charge in [-0.2, -0.15) is 0 Å². The Bertz CT molecular complexity index is 844. The molecule has 1 amide bonds. The van der Waals surface area contributed by atoms with Crippen molar-refractivity contribution in [3.63, 3.8) is 0 Å². The molecule has 132 valence electrons. The highest BCUT2D eigenvalue weighted by molar-refractivity contribution is 5.88. The van der Waals surface area contributed by atoms with Crippen LogP contribution >= 0.6 is 0 Å². The lowest BCUT2D eigenvalue weighted by Gasteiger charge is -2.25. The lowest BCUT2D eigenvalue weighted by molar-refractivity contribution is -0.148. The van der Waals surface area contributed by atoms with Gasteiger partial charge in [-0.1, -0.05) is 18.2 Å². The van der Waals surface area contributed by atoms with Crippen molar-refractivity contribution in [2.24, 2.45) is 10.8 Å². The Morgan fingerprint density at radius 1 is 1.20 bits per heavy atom. The molecule has 5 nitrogen and oxygen atoms in total. The van der Waals surface area contributed by atoms with Gasteiger partial charge in [0.05, 0.1) is 10.8 Å². The highest BCUT2D eigenvalue weighted by Crippen LogP contribution is 2.61. The van der Waals surface area contributed by atoms with Gasteiger partial charge < -0.3 is 15.4 Å². The number of benzene rings is 1. The molecule has 2 fully saturated rings. The van der Waals surface area contributed by atoms with Gasteiger partial charge in [-0.3, -0.25) is 9.59 Å². The molecule has 0 spiro atoms. The number of fused-ring (bicyclic) bond motifs is 3. The molecule has 2 saturated carbocycles. The quantitative estimate of drug-likeness (QED) is 0.782. The highest BCUT2D eigenvalue weighted by Gasteiger charge is 2.61. The van der Waals surface area contributed by atoms with Crippen LogP contribution in [0.15, 0.2) is 24.4 Å². The van der Waals surface area contributed by atoms with E-state index in [0.29, 0.717) is 38.6 Å². The normalized spacial score (nSPS) is 27.7. The van der Waals surface area contributed by atoms with Gasteiger partial charge in [0.1, 0.15) is 0 Å². The molecule has 0 radical (unpaired) electrons. The van der Waals surface area contributed by atoms with Gasteiger partial charge in [-0.05, 0) is 56.6 Å². The molecule has 1 aromatic carbocycles. The van der Waals surface area contributed by atoms with Crippen molar-refractivity contribution in [3.05, 3.63) is 35.5 Å². The largest absolute Gasteiger partial charge is 0.481 e. The van der Waals surface area contributed by atoms with Gasteiger partial charge in [-0.25, -0.2) is 0 Å². The number of rotatable bonds is 5. The topological polar surface area (TPSA) is 82.2 Å². The number of carboxylic acids is 1. The maximum Gasteiger partial charge on any atom is 0.309 e.